The van der Waals surface area contributed by atoms with Crippen molar-refractivity contribution in [2.75, 3.05) is 16.3 Å². The predicted molar refractivity (Wildman–Crippen MR) is 137 cm³/mol. The van der Waals surface area contributed by atoms with Crippen LogP contribution in [0.25, 0.3) is 11.1 Å². The molecule has 0 saturated heterocycles. The number of carbonyl (C=O) groups is 2. The van der Waals surface area contributed by atoms with Crippen molar-refractivity contribution in [2.24, 2.45) is 0 Å². The summed E-state index contributed by atoms with van der Waals surface area (Å²) < 4.78 is 41.2. The second-order valence-corrected chi connectivity index (χ2v) is 8.78. The summed E-state index contributed by atoms with van der Waals surface area (Å²) in [5.41, 5.74) is 0.888. The Morgan fingerprint density at radius 3 is 2.29 bits per heavy atom. The SMILES string of the molecule is CCN1C(=O)[C@H](c2cc(O)cc(-c3cccnc3)c2)C(=O)N(c2ccccc2)c2cc(C(F)(F)F)ccc21. The Morgan fingerprint density at radius 2 is 1.63 bits per heavy atom. The summed E-state index contributed by atoms with van der Waals surface area (Å²) in [7, 11) is 0. The Balaban J connectivity index is 1.75. The predicted octanol–water partition coefficient (Wildman–Crippen LogP) is 6.29. The first kappa shape index (κ1) is 25.0. The minimum atomic E-state index is -4.66. The van der Waals surface area contributed by atoms with Gasteiger partial charge in [0.25, 0.3) is 0 Å². The quantitative estimate of drug-likeness (QED) is 0.323. The molecule has 2 amide bonds. The van der Waals surface area contributed by atoms with Gasteiger partial charge in [0.05, 0.1) is 16.9 Å². The van der Waals surface area contributed by atoms with E-state index in [9.17, 15) is 27.9 Å². The van der Waals surface area contributed by atoms with Crippen LogP contribution in [0.4, 0.5) is 30.2 Å². The van der Waals surface area contributed by atoms with Crippen LogP contribution in [0.1, 0.15) is 24.0 Å². The number of halogens is 3. The number of para-hydroxylation sites is 1. The van der Waals surface area contributed by atoms with Gasteiger partial charge in [-0.2, -0.15) is 13.2 Å². The lowest BCUT2D eigenvalue weighted by Crippen LogP contribution is -2.39. The molecule has 0 bridgehead atoms. The zero-order valence-electron chi connectivity index (χ0n) is 20.2. The van der Waals surface area contributed by atoms with Gasteiger partial charge in [0.1, 0.15) is 11.7 Å². The van der Waals surface area contributed by atoms with Crippen molar-refractivity contribution in [1.29, 1.82) is 0 Å². The molecule has 1 atom stereocenters. The number of fused-ring (bicyclic) bond motifs is 1. The highest BCUT2D eigenvalue weighted by molar-refractivity contribution is 6.23. The summed E-state index contributed by atoms with van der Waals surface area (Å²) in [5.74, 6) is -2.95. The molecule has 192 valence electrons. The minimum absolute atomic E-state index is 0.0543. The fourth-order valence-corrected chi connectivity index (χ4v) is 4.69. The molecule has 2 heterocycles. The molecule has 0 spiro atoms. The normalized spacial score (nSPS) is 15.8. The van der Waals surface area contributed by atoms with Gasteiger partial charge in [-0.25, -0.2) is 0 Å². The molecule has 4 aromatic rings. The van der Waals surface area contributed by atoms with Gasteiger partial charge in [-0.05, 0) is 72.6 Å². The van der Waals surface area contributed by atoms with Crippen molar-refractivity contribution < 1.29 is 27.9 Å². The summed E-state index contributed by atoms with van der Waals surface area (Å²) in [4.78, 5) is 34.7. The number of amides is 2. The van der Waals surface area contributed by atoms with E-state index in [0.717, 1.165) is 17.0 Å². The van der Waals surface area contributed by atoms with Gasteiger partial charge in [0, 0.05) is 30.2 Å². The van der Waals surface area contributed by atoms with Gasteiger partial charge in [-0.15, -0.1) is 0 Å². The Hall–Kier alpha value is -4.66. The first-order chi connectivity index (χ1) is 18.2. The summed E-state index contributed by atoms with van der Waals surface area (Å²) in [6.07, 6.45) is -1.48. The maximum atomic E-state index is 14.2. The van der Waals surface area contributed by atoms with Crippen LogP contribution in [0.15, 0.2) is 91.3 Å². The van der Waals surface area contributed by atoms with Crippen LogP contribution in [0.5, 0.6) is 5.75 Å². The average Bonchev–Trinajstić information content (AvgIpc) is 2.99. The zero-order chi connectivity index (χ0) is 27.0. The number of rotatable bonds is 4. The van der Waals surface area contributed by atoms with E-state index in [1.165, 1.54) is 23.1 Å². The largest absolute Gasteiger partial charge is 0.508 e. The second-order valence-electron chi connectivity index (χ2n) is 8.78. The number of phenols is 1. The Labute approximate surface area is 216 Å². The molecule has 1 N–H and O–H groups in total. The first-order valence-corrected chi connectivity index (χ1v) is 11.8. The zero-order valence-corrected chi connectivity index (χ0v) is 20.2. The van der Waals surface area contributed by atoms with Crippen molar-refractivity contribution in [2.45, 2.75) is 19.0 Å². The molecule has 38 heavy (non-hydrogen) atoms. The molecule has 0 unspecified atom stereocenters. The van der Waals surface area contributed by atoms with Crippen molar-refractivity contribution in [3.63, 3.8) is 0 Å². The molecule has 6 nitrogen and oxygen atoms in total. The fraction of sp³-hybridized carbons (Fsp3) is 0.138. The first-order valence-electron chi connectivity index (χ1n) is 11.8. The van der Waals surface area contributed by atoms with E-state index in [4.69, 9.17) is 0 Å². The number of anilines is 3. The van der Waals surface area contributed by atoms with Gasteiger partial charge in [0.15, 0.2) is 0 Å². The smallest absolute Gasteiger partial charge is 0.416 e. The molecule has 3 aromatic carbocycles. The lowest BCUT2D eigenvalue weighted by molar-refractivity contribution is -0.137. The average molecular weight is 518 g/mol. The Morgan fingerprint density at radius 1 is 0.868 bits per heavy atom. The van der Waals surface area contributed by atoms with Crippen molar-refractivity contribution >= 4 is 28.9 Å². The summed E-state index contributed by atoms with van der Waals surface area (Å²) in [6, 6.07) is 19.1. The fourth-order valence-electron chi connectivity index (χ4n) is 4.69. The monoisotopic (exact) mass is 517 g/mol. The maximum Gasteiger partial charge on any atom is 0.416 e. The number of phenolic OH excluding ortho intramolecular Hbond substituents is 1. The second kappa shape index (κ2) is 9.66. The van der Waals surface area contributed by atoms with Crippen LogP contribution in [0.3, 0.4) is 0 Å². The van der Waals surface area contributed by atoms with Gasteiger partial charge in [-0.3, -0.25) is 19.5 Å². The summed E-state index contributed by atoms with van der Waals surface area (Å²) in [5, 5.41) is 10.5. The molecular formula is C29H22F3N3O3. The van der Waals surface area contributed by atoms with E-state index in [1.54, 1.807) is 67.8 Å². The number of benzene rings is 3. The molecule has 1 aliphatic heterocycles. The minimum Gasteiger partial charge on any atom is -0.508 e. The molecular weight excluding hydrogens is 495 g/mol. The van der Waals surface area contributed by atoms with Crippen molar-refractivity contribution in [3.8, 4) is 16.9 Å². The third-order valence-electron chi connectivity index (χ3n) is 6.41. The standard InChI is InChI=1S/C29H22F3N3O3/c1-2-34-24-11-10-21(29(30,31)32)16-25(24)35(22-8-4-3-5-9-22)28(38)26(27(34)37)20-13-19(14-23(36)15-20)18-7-6-12-33-17-18/h3-17,26,36H,2H2,1H3/t26-/m0/s1. The van der Waals surface area contributed by atoms with E-state index in [-0.39, 0.29) is 29.2 Å². The van der Waals surface area contributed by atoms with Crippen LogP contribution >= 0.6 is 0 Å². The van der Waals surface area contributed by atoms with E-state index >= 15 is 0 Å². The van der Waals surface area contributed by atoms with Gasteiger partial charge in [0.2, 0.25) is 11.8 Å². The third-order valence-corrected chi connectivity index (χ3v) is 6.41. The highest BCUT2D eigenvalue weighted by Gasteiger charge is 2.43. The number of nitrogens with zero attached hydrogens (tertiary/aromatic N) is 3. The molecule has 0 aliphatic carbocycles. The van der Waals surface area contributed by atoms with Crippen LogP contribution in [-0.2, 0) is 15.8 Å². The molecule has 0 radical (unpaired) electrons. The van der Waals surface area contributed by atoms with E-state index in [0.29, 0.717) is 16.8 Å². The van der Waals surface area contributed by atoms with Crippen LogP contribution in [0.2, 0.25) is 0 Å². The highest BCUT2D eigenvalue weighted by Crippen LogP contribution is 2.45. The molecule has 9 heteroatoms. The molecule has 1 aromatic heterocycles. The molecule has 1 aliphatic rings. The number of hydrogen-bond acceptors (Lipinski definition) is 4. The van der Waals surface area contributed by atoms with E-state index in [2.05, 4.69) is 4.98 Å². The van der Waals surface area contributed by atoms with Gasteiger partial charge >= 0.3 is 6.18 Å². The summed E-state index contributed by atoms with van der Waals surface area (Å²) in [6.45, 7) is 1.79. The van der Waals surface area contributed by atoms with Crippen molar-refractivity contribution in [3.05, 3.63) is 102 Å². The van der Waals surface area contributed by atoms with Crippen LogP contribution in [-0.4, -0.2) is 28.4 Å². The van der Waals surface area contributed by atoms with Gasteiger partial charge < -0.3 is 10.0 Å². The highest BCUT2D eigenvalue weighted by atomic mass is 19.4. The number of alkyl halides is 3. The van der Waals surface area contributed by atoms with Crippen molar-refractivity contribution in [1.82, 2.24) is 4.98 Å². The number of aromatic nitrogens is 1. The lowest BCUT2D eigenvalue weighted by atomic mass is 9.92. The maximum absolute atomic E-state index is 14.2. The van der Waals surface area contributed by atoms with Crippen LogP contribution < -0.4 is 9.80 Å². The van der Waals surface area contributed by atoms with Gasteiger partial charge in [-0.1, -0.05) is 24.3 Å². The summed E-state index contributed by atoms with van der Waals surface area (Å²) >= 11 is 0. The number of likely N-dealkylation sites (N-methyl/N-ethyl adjacent to an activating group) is 1. The number of hydrogen-bond donors (Lipinski definition) is 1. The third kappa shape index (κ3) is 4.47. The lowest BCUT2D eigenvalue weighted by Gasteiger charge is -2.26. The number of pyridine rings is 1. The number of aromatic hydroxyl groups is 1. The van der Waals surface area contributed by atoms with E-state index in [1.807, 2.05) is 0 Å². The Bertz CT molecular complexity index is 1510. The molecule has 0 saturated carbocycles. The number of carbonyl (C=O) groups excluding carboxylic acids is 2. The Kier molecular flexibility index (Phi) is 6.36. The topological polar surface area (TPSA) is 73.7 Å². The van der Waals surface area contributed by atoms with E-state index < -0.39 is 29.5 Å². The molecule has 5 rings (SSSR count). The van der Waals surface area contributed by atoms with Crippen LogP contribution in [0, 0.1) is 0 Å². The molecule has 0 fully saturated rings.